The van der Waals surface area contributed by atoms with Crippen LogP contribution >= 0.6 is 0 Å². The molecule has 0 bridgehead atoms. The molecule has 2 fully saturated rings. The standard InChI is InChI=1S/C35H42N10O5S/c1-22(2)49-32-31(25(15-36)16-37)38-21-45-33(32)40-35(41-45)39-26-9-11-44(12-10-26)51(47,48)29-6-4-5-27(14-29)50-28-19-43(20-28)17-23-7-8-30-24(13-23)18-42(3)34(30)46/h4-8,13-16,21-22,26,28,36H,9-12,17-20,37H2,1-3H3,(H,39,41). The Kier molecular flexibility index (Phi) is 9.39. The van der Waals surface area contributed by atoms with Gasteiger partial charge in [-0.05, 0) is 56.0 Å². The molecular weight excluding hydrogens is 673 g/mol. The molecule has 0 radical (unpaired) electrons. The summed E-state index contributed by atoms with van der Waals surface area (Å²) in [6, 6.07) is 12.7. The van der Waals surface area contributed by atoms with Gasteiger partial charge < -0.3 is 30.8 Å². The first-order valence-corrected chi connectivity index (χ1v) is 18.4. The van der Waals surface area contributed by atoms with Crippen molar-refractivity contribution < 1.29 is 22.7 Å². The number of amides is 1. The third-order valence-corrected chi connectivity index (χ3v) is 11.2. The quantitative estimate of drug-likeness (QED) is 0.183. The molecule has 0 spiro atoms. The highest BCUT2D eigenvalue weighted by Gasteiger charge is 2.32. The molecule has 2 aromatic heterocycles. The number of ether oxygens (including phenoxy) is 2. The molecule has 4 aromatic rings. The first kappa shape index (κ1) is 34.4. The highest BCUT2D eigenvalue weighted by molar-refractivity contribution is 7.89. The smallest absolute Gasteiger partial charge is 0.254 e. The zero-order valence-electron chi connectivity index (χ0n) is 28.8. The number of anilines is 1. The van der Waals surface area contributed by atoms with E-state index in [2.05, 4.69) is 31.3 Å². The molecule has 0 unspecified atom stereocenters. The molecule has 4 N–H and O–H groups in total. The van der Waals surface area contributed by atoms with E-state index in [1.165, 1.54) is 21.3 Å². The number of nitrogens with zero attached hydrogens (tertiary/aromatic N) is 7. The minimum Gasteiger partial charge on any atom is -0.488 e. The Balaban J connectivity index is 0.935. The van der Waals surface area contributed by atoms with Crippen LogP contribution in [-0.2, 0) is 23.1 Å². The van der Waals surface area contributed by atoms with Crippen LogP contribution in [0.2, 0.25) is 0 Å². The largest absolute Gasteiger partial charge is 0.488 e. The maximum absolute atomic E-state index is 13.7. The molecule has 7 rings (SSSR count). The lowest BCUT2D eigenvalue weighted by Crippen LogP contribution is -2.53. The van der Waals surface area contributed by atoms with Crippen LogP contribution in [0.15, 0.2) is 59.9 Å². The summed E-state index contributed by atoms with van der Waals surface area (Å²) in [7, 11) is -1.92. The van der Waals surface area contributed by atoms with E-state index in [0.717, 1.165) is 42.5 Å². The van der Waals surface area contributed by atoms with Gasteiger partial charge in [0.2, 0.25) is 21.6 Å². The number of fused-ring (bicyclic) bond motifs is 2. The molecule has 2 aromatic carbocycles. The number of hydrogen-bond acceptors (Lipinski definition) is 12. The minimum absolute atomic E-state index is 0.0364. The Morgan fingerprint density at radius 2 is 1.94 bits per heavy atom. The molecule has 5 heterocycles. The number of piperidine rings is 1. The van der Waals surface area contributed by atoms with Gasteiger partial charge in [0, 0.05) is 82.0 Å². The lowest BCUT2D eigenvalue weighted by molar-refractivity contribution is 0.0144. The molecule has 0 atom stereocenters. The normalized spacial score (nSPS) is 17.9. The van der Waals surface area contributed by atoms with Crippen molar-refractivity contribution in [2.45, 2.75) is 62.9 Å². The van der Waals surface area contributed by atoms with Gasteiger partial charge >= 0.3 is 0 Å². The SMILES string of the molecule is CC(C)Oc1c(C(C=N)=CN)ncn2nc(NC3CCN(S(=O)(=O)c4cccc(OC5CN(Cc6ccc7c(c6)CN(C)C7=O)C5)c4)CC3)nc12. The van der Waals surface area contributed by atoms with E-state index in [1.54, 1.807) is 29.2 Å². The zero-order valence-corrected chi connectivity index (χ0v) is 29.6. The molecule has 51 heavy (non-hydrogen) atoms. The van der Waals surface area contributed by atoms with Gasteiger partial charge in [-0.2, -0.15) is 13.8 Å². The van der Waals surface area contributed by atoms with Gasteiger partial charge in [0.1, 0.15) is 23.9 Å². The topological polar surface area (TPSA) is 184 Å². The van der Waals surface area contributed by atoms with Crippen LogP contribution in [0.4, 0.5) is 5.95 Å². The van der Waals surface area contributed by atoms with Gasteiger partial charge in [-0.3, -0.25) is 9.69 Å². The van der Waals surface area contributed by atoms with E-state index in [1.807, 2.05) is 33.0 Å². The Labute approximate surface area is 296 Å². The van der Waals surface area contributed by atoms with Gasteiger partial charge in [0.15, 0.2) is 5.75 Å². The summed E-state index contributed by atoms with van der Waals surface area (Å²) < 4.78 is 42.6. The average molecular weight is 715 g/mol. The van der Waals surface area contributed by atoms with Crippen molar-refractivity contribution in [2.75, 3.05) is 38.5 Å². The Bertz CT molecular complexity index is 2100. The van der Waals surface area contributed by atoms with Gasteiger partial charge in [0.05, 0.1) is 11.0 Å². The average Bonchev–Trinajstić information content (AvgIpc) is 3.64. The number of aromatic nitrogens is 4. The number of rotatable bonds is 12. The van der Waals surface area contributed by atoms with E-state index in [0.29, 0.717) is 66.8 Å². The van der Waals surface area contributed by atoms with Gasteiger partial charge in [0.25, 0.3) is 5.91 Å². The van der Waals surface area contributed by atoms with Crippen molar-refractivity contribution in [3.8, 4) is 11.5 Å². The highest BCUT2D eigenvalue weighted by Crippen LogP contribution is 2.31. The lowest BCUT2D eigenvalue weighted by Gasteiger charge is -2.39. The number of nitrogens with one attached hydrogen (secondary N) is 2. The number of hydrogen-bond donors (Lipinski definition) is 3. The fourth-order valence-electron chi connectivity index (χ4n) is 6.72. The number of allylic oxidation sites excluding steroid dienone is 1. The molecule has 0 saturated carbocycles. The fraction of sp³-hybridized carbons (Fsp3) is 0.400. The Hall–Kier alpha value is -5.06. The van der Waals surface area contributed by atoms with Crippen LogP contribution in [0, 0.1) is 5.41 Å². The summed E-state index contributed by atoms with van der Waals surface area (Å²) >= 11 is 0. The van der Waals surface area contributed by atoms with E-state index in [4.69, 9.17) is 20.6 Å². The Morgan fingerprint density at radius 1 is 1.16 bits per heavy atom. The van der Waals surface area contributed by atoms with Crippen molar-refractivity contribution in [3.05, 3.63) is 77.4 Å². The predicted molar refractivity (Wildman–Crippen MR) is 191 cm³/mol. The molecule has 16 heteroatoms. The molecular formula is C35H42N10O5S. The van der Waals surface area contributed by atoms with Crippen molar-refractivity contribution in [2.24, 2.45) is 5.73 Å². The van der Waals surface area contributed by atoms with Crippen LogP contribution in [0.25, 0.3) is 11.2 Å². The first-order valence-electron chi connectivity index (χ1n) is 17.0. The number of sulfonamides is 1. The lowest BCUT2D eigenvalue weighted by atomic mass is 10.0. The summed E-state index contributed by atoms with van der Waals surface area (Å²) in [5.74, 6) is 1.34. The third kappa shape index (κ3) is 6.98. The zero-order chi connectivity index (χ0) is 35.9. The molecule has 15 nitrogen and oxygen atoms in total. The van der Waals surface area contributed by atoms with Gasteiger partial charge in [-0.25, -0.2) is 13.4 Å². The number of likely N-dealkylation sites (tertiary alicyclic amines) is 1. The second-order valence-electron chi connectivity index (χ2n) is 13.4. The van der Waals surface area contributed by atoms with Crippen LogP contribution in [0.5, 0.6) is 11.5 Å². The van der Waals surface area contributed by atoms with Crippen LogP contribution < -0.4 is 20.5 Å². The molecule has 2 saturated heterocycles. The number of carbonyl (C=O) groups is 1. The van der Waals surface area contributed by atoms with Crippen LogP contribution in [0.1, 0.15) is 53.9 Å². The molecule has 3 aliphatic heterocycles. The van der Waals surface area contributed by atoms with E-state index >= 15 is 0 Å². The molecule has 268 valence electrons. The molecule has 0 aliphatic carbocycles. The van der Waals surface area contributed by atoms with Crippen molar-refractivity contribution in [1.82, 2.24) is 33.7 Å². The first-order chi connectivity index (χ1) is 24.5. The summed E-state index contributed by atoms with van der Waals surface area (Å²) in [6.07, 6.45) is 4.81. The second kappa shape index (κ2) is 13.9. The monoisotopic (exact) mass is 714 g/mol. The van der Waals surface area contributed by atoms with E-state index in [-0.39, 0.29) is 29.1 Å². The molecule has 1 amide bonds. The van der Waals surface area contributed by atoms with Crippen LogP contribution in [0.3, 0.4) is 0 Å². The Morgan fingerprint density at radius 3 is 2.67 bits per heavy atom. The van der Waals surface area contributed by atoms with Crippen molar-refractivity contribution in [3.63, 3.8) is 0 Å². The maximum Gasteiger partial charge on any atom is 0.254 e. The predicted octanol–water partition coefficient (Wildman–Crippen LogP) is 2.97. The second-order valence-corrected chi connectivity index (χ2v) is 15.4. The highest BCUT2D eigenvalue weighted by atomic mass is 32.2. The molecule has 3 aliphatic rings. The fourth-order valence-corrected chi connectivity index (χ4v) is 8.22. The summed E-state index contributed by atoms with van der Waals surface area (Å²) in [5, 5.41) is 15.6. The van der Waals surface area contributed by atoms with Crippen molar-refractivity contribution >= 4 is 39.3 Å². The minimum atomic E-state index is -3.73. The number of carbonyl (C=O) groups excluding carboxylic acids is 1. The van der Waals surface area contributed by atoms with Crippen molar-refractivity contribution in [1.29, 1.82) is 5.41 Å². The van der Waals surface area contributed by atoms with Gasteiger partial charge in [-0.1, -0.05) is 18.2 Å². The maximum atomic E-state index is 13.7. The summed E-state index contributed by atoms with van der Waals surface area (Å²) in [4.78, 5) is 25.5. The van der Waals surface area contributed by atoms with Gasteiger partial charge in [-0.15, -0.1) is 5.10 Å². The van der Waals surface area contributed by atoms with E-state index < -0.39 is 10.0 Å². The summed E-state index contributed by atoms with van der Waals surface area (Å²) in [5.41, 5.74) is 9.94. The number of benzene rings is 2. The summed E-state index contributed by atoms with van der Waals surface area (Å²) in [6.45, 7) is 7.30. The van der Waals surface area contributed by atoms with E-state index in [9.17, 15) is 13.2 Å². The number of nitrogens with two attached hydrogens (primary N) is 1. The van der Waals surface area contributed by atoms with Crippen LogP contribution in [-0.4, -0.2) is 106 Å². The third-order valence-electron chi connectivity index (χ3n) is 9.32.